The van der Waals surface area contributed by atoms with E-state index in [1.165, 1.54) is 0 Å². The van der Waals surface area contributed by atoms with Gasteiger partial charge in [-0.05, 0) is 12.0 Å². The van der Waals surface area contributed by atoms with Crippen LogP contribution in [0, 0.1) is 6.92 Å². The predicted molar refractivity (Wildman–Crippen MR) is 45.1 cm³/mol. The molecule has 0 amide bonds. The average molecular weight is 169 g/mol. The maximum atomic E-state index is 12.3. The van der Waals surface area contributed by atoms with Crippen LogP contribution in [0.15, 0.2) is 30.3 Å². The highest BCUT2D eigenvalue weighted by Crippen LogP contribution is 2.18. The summed E-state index contributed by atoms with van der Waals surface area (Å²) < 4.78 is 24.6. The summed E-state index contributed by atoms with van der Waals surface area (Å²) in [6, 6.07) is 9.23. The lowest BCUT2D eigenvalue weighted by atomic mass is 10.1. The molecule has 0 heterocycles. The summed E-state index contributed by atoms with van der Waals surface area (Å²) >= 11 is 0. The number of benzene rings is 1. The Morgan fingerprint density at radius 1 is 1.17 bits per heavy atom. The predicted octanol–water partition coefficient (Wildman–Crippen LogP) is 3.09. The summed E-state index contributed by atoms with van der Waals surface area (Å²) in [4.78, 5) is 0. The van der Waals surface area contributed by atoms with Gasteiger partial charge in [-0.15, -0.1) is 0 Å². The Labute approximate surface area is 71.2 Å². The number of hydrogen-bond donors (Lipinski definition) is 0. The standard InChI is InChI=1S/C10H11F2/c1-10(11,12)8-7-9-5-3-2-4-6-9/h2-6H,1,7-8H2. The Hall–Kier alpha value is -0.920. The van der Waals surface area contributed by atoms with E-state index in [0.29, 0.717) is 6.42 Å². The summed E-state index contributed by atoms with van der Waals surface area (Å²) in [6.07, 6.45) is 0.203. The van der Waals surface area contributed by atoms with Crippen molar-refractivity contribution >= 4 is 0 Å². The Kier molecular flexibility index (Phi) is 2.79. The molecule has 0 saturated carbocycles. The van der Waals surface area contributed by atoms with Crippen molar-refractivity contribution in [3.63, 3.8) is 0 Å². The van der Waals surface area contributed by atoms with Crippen molar-refractivity contribution in [2.75, 3.05) is 0 Å². The lowest BCUT2D eigenvalue weighted by molar-refractivity contribution is 0.0427. The second kappa shape index (κ2) is 3.65. The summed E-state index contributed by atoms with van der Waals surface area (Å²) in [5.41, 5.74) is 0.931. The normalized spacial score (nSPS) is 11.6. The number of aryl methyl sites for hydroxylation is 1. The van der Waals surface area contributed by atoms with Crippen LogP contribution >= 0.6 is 0 Å². The Bertz CT molecular complexity index is 223. The molecule has 12 heavy (non-hydrogen) atoms. The summed E-state index contributed by atoms with van der Waals surface area (Å²) in [7, 11) is 0. The molecular weight excluding hydrogens is 158 g/mol. The van der Waals surface area contributed by atoms with Gasteiger partial charge in [-0.25, -0.2) is 8.78 Å². The summed E-state index contributed by atoms with van der Waals surface area (Å²) in [5.74, 6) is -2.80. The fourth-order valence-corrected chi connectivity index (χ4v) is 0.972. The van der Waals surface area contributed by atoms with Gasteiger partial charge in [0.25, 0.3) is 0 Å². The van der Waals surface area contributed by atoms with Crippen LogP contribution in [0.4, 0.5) is 8.78 Å². The third kappa shape index (κ3) is 3.46. The molecule has 2 heteroatoms. The molecule has 0 aliphatic carbocycles. The van der Waals surface area contributed by atoms with Gasteiger partial charge in [0.2, 0.25) is 5.92 Å². The van der Waals surface area contributed by atoms with Gasteiger partial charge in [0.1, 0.15) is 0 Å². The van der Waals surface area contributed by atoms with Gasteiger partial charge < -0.3 is 0 Å². The largest absolute Gasteiger partial charge is 0.248 e. The van der Waals surface area contributed by atoms with Crippen LogP contribution in [0.25, 0.3) is 0 Å². The molecule has 0 aliphatic heterocycles. The average Bonchev–Trinajstić information content (AvgIpc) is 2.02. The zero-order valence-electron chi connectivity index (χ0n) is 6.76. The molecule has 0 spiro atoms. The third-order valence-corrected chi connectivity index (χ3v) is 1.62. The number of hydrogen-bond acceptors (Lipinski definition) is 0. The minimum Gasteiger partial charge on any atom is -0.207 e. The van der Waals surface area contributed by atoms with Crippen molar-refractivity contribution < 1.29 is 8.78 Å². The second-order valence-electron chi connectivity index (χ2n) is 2.84. The molecule has 0 aromatic heterocycles. The zero-order chi connectivity index (χ0) is 9.03. The Morgan fingerprint density at radius 3 is 2.25 bits per heavy atom. The van der Waals surface area contributed by atoms with E-state index in [9.17, 15) is 8.78 Å². The number of alkyl halides is 2. The maximum Gasteiger partial charge on any atom is 0.248 e. The first-order valence-electron chi connectivity index (χ1n) is 3.85. The van der Waals surface area contributed by atoms with E-state index in [-0.39, 0.29) is 6.42 Å². The van der Waals surface area contributed by atoms with E-state index in [4.69, 9.17) is 0 Å². The summed E-state index contributed by atoms with van der Waals surface area (Å²) in [6.45, 7) is 2.75. The van der Waals surface area contributed by atoms with E-state index >= 15 is 0 Å². The molecular formula is C10H11F2. The lowest BCUT2D eigenvalue weighted by Crippen LogP contribution is -2.10. The van der Waals surface area contributed by atoms with Crippen molar-refractivity contribution in [1.29, 1.82) is 0 Å². The first-order valence-corrected chi connectivity index (χ1v) is 3.85. The lowest BCUT2D eigenvalue weighted by Gasteiger charge is -2.08. The van der Waals surface area contributed by atoms with Crippen LogP contribution in [0.2, 0.25) is 0 Å². The Morgan fingerprint density at radius 2 is 1.75 bits per heavy atom. The monoisotopic (exact) mass is 169 g/mol. The molecule has 1 radical (unpaired) electrons. The molecule has 0 N–H and O–H groups in total. The van der Waals surface area contributed by atoms with Crippen molar-refractivity contribution in [3.8, 4) is 0 Å². The molecule has 0 unspecified atom stereocenters. The minimum absolute atomic E-state index is 0.184. The van der Waals surface area contributed by atoms with Gasteiger partial charge >= 0.3 is 0 Å². The number of rotatable bonds is 3. The van der Waals surface area contributed by atoms with Crippen molar-refractivity contribution in [3.05, 3.63) is 42.8 Å². The van der Waals surface area contributed by atoms with Gasteiger partial charge in [-0.2, -0.15) is 0 Å². The van der Waals surface area contributed by atoms with Crippen molar-refractivity contribution in [1.82, 2.24) is 0 Å². The highest BCUT2D eigenvalue weighted by molar-refractivity contribution is 5.14. The summed E-state index contributed by atoms with van der Waals surface area (Å²) in [5, 5.41) is 0. The molecule has 1 aromatic rings. The fourth-order valence-electron chi connectivity index (χ4n) is 0.972. The topological polar surface area (TPSA) is 0 Å². The molecule has 0 nitrogen and oxygen atoms in total. The van der Waals surface area contributed by atoms with E-state index in [0.717, 1.165) is 5.56 Å². The van der Waals surface area contributed by atoms with Gasteiger partial charge in [-0.1, -0.05) is 30.3 Å². The van der Waals surface area contributed by atoms with Crippen LogP contribution in [-0.4, -0.2) is 5.92 Å². The molecule has 65 valence electrons. The van der Waals surface area contributed by atoms with Crippen LogP contribution < -0.4 is 0 Å². The fraction of sp³-hybridized carbons (Fsp3) is 0.300. The third-order valence-electron chi connectivity index (χ3n) is 1.62. The molecule has 1 aromatic carbocycles. The van der Waals surface area contributed by atoms with Crippen LogP contribution in [0.1, 0.15) is 12.0 Å². The first kappa shape index (κ1) is 9.17. The van der Waals surface area contributed by atoms with Gasteiger partial charge in [0.05, 0.1) is 0 Å². The van der Waals surface area contributed by atoms with Gasteiger partial charge in [0, 0.05) is 13.3 Å². The Balaban J connectivity index is 2.44. The van der Waals surface area contributed by atoms with Crippen LogP contribution in [0.5, 0.6) is 0 Å². The minimum atomic E-state index is -2.80. The first-order chi connectivity index (χ1) is 5.58. The molecule has 1 rings (SSSR count). The SMILES string of the molecule is [CH2]C(F)(F)CCc1ccccc1. The molecule has 0 bridgehead atoms. The molecule has 0 atom stereocenters. The molecule has 0 saturated heterocycles. The molecule has 0 fully saturated rings. The van der Waals surface area contributed by atoms with Crippen LogP contribution in [-0.2, 0) is 6.42 Å². The van der Waals surface area contributed by atoms with Gasteiger partial charge in [0.15, 0.2) is 0 Å². The highest BCUT2D eigenvalue weighted by Gasteiger charge is 2.20. The van der Waals surface area contributed by atoms with Crippen molar-refractivity contribution in [2.45, 2.75) is 18.8 Å². The second-order valence-corrected chi connectivity index (χ2v) is 2.84. The van der Waals surface area contributed by atoms with E-state index in [1.54, 1.807) is 0 Å². The maximum absolute atomic E-state index is 12.3. The van der Waals surface area contributed by atoms with E-state index < -0.39 is 5.92 Å². The quantitative estimate of drug-likeness (QED) is 0.652. The van der Waals surface area contributed by atoms with E-state index in [1.807, 2.05) is 30.3 Å². The van der Waals surface area contributed by atoms with Gasteiger partial charge in [-0.3, -0.25) is 0 Å². The van der Waals surface area contributed by atoms with E-state index in [2.05, 4.69) is 6.92 Å². The molecule has 0 aliphatic rings. The highest BCUT2D eigenvalue weighted by atomic mass is 19.3. The number of halogens is 2. The van der Waals surface area contributed by atoms with Crippen LogP contribution in [0.3, 0.4) is 0 Å². The van der Waals surface area contributed by atoms with Crippen molar-refractivity contribution in [2.24, 2.45) is 0 Å². The smallest absolute Gasteiger partial charge is 0.207 e. The zero-order valence-corrected chi connectivity index (χ0v) is 6.76.